The summed E-state index contributed by atoms with van der Waals surface area (Å²) >= 11 is 5.89. The van der Waals surface area contributed by atoms with Gasteiger partial charge in [-0.05, 0) is 61.6 Å². The van der Waals surface area contributed by atoms with Gasteiger partial charge in [0.15, 0.2) is 0 Å². The lowest BCUT2D eigenvalue weighted by Gasteiger charge is -2.33. The fourth-order valence-corrected chi connectivity index (χ4v) is 3.40. The van der Waals surface area contributed by atoms with E-state index in [-0.39, 0.29) is 11.9 Å². The average Bonchev–Trinajstić information content (AvgIpc) is 2.67. The predicted octanol–water partition coefficient (Wildman–Crippen LogP) is 4.12. The number of rotatable bonds is 5. The van der Waals surface area contributed by atoms with Crippen LogP contribution in [0.2, 0.25) is 5.02 Å². The Labute approximate surface area is 159 Å². The number of carbonyl (C=O) groups is 1. The molecule has 0 bridgehead atoms. The van der Waals surface area contributed by atoms with E-state index >= 15 is 0 Å². The number of hydrogen-bond acceptors (Lipinski definition) is 3. The third kappa shape index (κ3) is 4.77. The first-order chi connectivity index (χ1) is 12.5. The number of hydrogen-bond donors (Lipinski definition) is 1. The van der Waals surface area contributed by atoms with E-state index in [9.17, 15) is 4.79 Å². The van der Waals surface area contributed by atoms with Gasteiger partial charge in [0.25, 0.3) is 5.91 Å². The maximum absolute atomic E-state index is 12.8. The fraction of sp³-hybridized carbons (Fsp3) is 0.381. The van der Waals surface area contributed by atoms with Crippen LogP contribution >= 0.6 is 11.6 Å². The number of nitrogens with zero attached hydrogens (tertiary/aromatic N) is 1. The zero-order valence-electron chi connectivity index (χ0n) is 15.0. The van der Waals surface area contributed by atoms with E-state index in [1.54, 1.807) is 0 Å². The topological polar surface area (TPSA) is 55.6 Å². The summed E-state index contributed by atoms with van der Waals surface area (Å²) in [5.41, 5.74) is 7.68. The van der Waals surface area contributed by atoms with E-state index in [0.29, 0.717) is 28.9 Å². The van der Waals surface area contributed by atoms with E-state index in [2.05, 4.69) is 0 Å². The molecule has 0 spiro atoms. The molecular formula is C21H25ClN2O2. The Morgan fingerprint density at radius 2 is 1.92 bits per heavy atom. The van der Waals surface area contributed by atoms with Gasteiger partial charge in [0.05, 0.1) is 0 Å². The van der Waals surface area contributed by atoms with Gasteiger partial charge in [-0.2, -0.15) is 0 Å². The van der Waals surface area contributed by atoms with Gasteiger partial charge >= 0.3 is 0 Å². The molecule has 2 aromatic carbocycles. The van der Waals surface area contributed by atoms with Crippen molar-refractivity contribution in [2.45, 2.75) is 32.4 Å². The molecule has 1 unspecified atom stereocenters. The summed E-state index contributed by atoms with van der Waals surface area (Å²) in [5, 5.41) is 0.703. The minimum Gasteiger partial charge on any atom is -0.489 e. The van der Waals surface area contributed by atoms with Gasteiger partial charge in [-0.1, -0.05) is 29.8 Å². The third-order valence-electron chi connectivity index (χ3n) is 4.97. The zero-order chi connectivity index (χ0) is 18.5. The second-order valence-corrected chi connectivity index (χ2v) is 7.37. The molecule has 0 aliphatic carbocycles. The molecule has 4 nitrogen and oxygen atoms in total. The van der Waals surface area contributed by atoms with Crippen molar-refractivity contribution in [1.82, 2.24) is 4.90 Å². The monoisotopic (exact) mass is 372 g/mol. The van der Waals surface area contributed by atoms with Gasteiger partial charge in [0, 0.05) is 29.7 Å². The highest BCUT2D eigenvalue weighted by Crippen LogP contribution is 2.23. The summed E-state index contributed by atoms with van der Waals surface area (Å²) in [6, 6.07) is 15.1. The average molecular weight is 373 g/mol. The normalized spacial score (nSPS) is 16.3. The molecule has 0 saturated carbocycles. The zero-order valence-corrected chi connectivity index (χ0v) is 15.8. The highest BCUT2D eigenvalue weighted by molar-refractivity contribution is 6.30. The number of amides is 1. The molecular weight excluding hydrogens is 348 g/mol. The van der Waals surface area contributed by atoms with Crippen molar-refractivity contribution in [1.29, 1.82) is 0 Å². The van der Waals surface area contributed by atoms with Crippen molar-refractivity contribution in [3.63, 3.8) is 0 Å². The standard InChI is InChI=1S/C21H25ClN2O2/c1-15(23)17-9-11-24(12-10-17)21(25)18-3-2-4-20(13-18)26-14-16-5-7-19(22)8-6-16/h2-8,13,15,17H,9-12,14,23H2,1H3. The smallest absolute Gasteiger partial charge is 0.253 e. The number of carbonyl (C=O) groups excluding carboxylic acids is 1. The van der Waals surface area contributed by atoms with E-state index in [1.807, 2.05) is 60.4 Å². The summed E-state index contributed by atoms with van der Waals surface area (Å²) in [5.74, 6) is 1.26. The number of ether oxygens (including phenoxy) is 1. The number of piperidine rings is 1. The molecule has 26 heavy (non-hydrogen) atoms. The number of halogens is 1. The van der Waals surface area contributed by atoms with E-state index in [1.165, 1.54) is 0 Å². The first-order valence-corrected chi connectivity index (χ1v) is 9.43. The summed E-state index contributed by atoms with van der Waals surface area (Å²) in [4.78, 5) is 14.7. The van der Waals surface area contributed by atoms with Gasteiger partial charge in [0.2, 0.25) is 0 Å². The van der Waals surface area contributed by atoms with E-state index < -0.39 is 0 Å². The second kappa shape index (κ2) is 8.56. The van der Waals surface area contributed by atoms with Crippen LogP contribution in [-0.2, 0) is 6.61 Å². The van der Waals surface area contributed by atoms with Crippen LogP contribution in [0.5, 0.6) is 5.75 Å². The lowest BCUT2D eigenvalue weighted by molar-refractivity contribution is 0.0680. The summed E-state index contributed by atoms with van der Waals surface area (Å²) in [6.07, 6.45) is 1.94. The van der Waals surface area contributed by atoms with Crippen LogP contribution in [0.4, 0.5) is 0 Å². The molecule has 1 heterocycles. The molecule has 3 rings (SSSR count). The predicted molar refractivity (Wildman–Crippen MR) is 105 cm³/mol. The lowest BCUT2D eigenvalue weighted by Crippen LogP contribution is -2.42. The van der Waals surface area contributed by atoms with Crippen LogP contribution in [0.1, 0.15) is 35.7 Å². The van der Waals surface area contributed by atoms with Crippen molar-refractivity contribution in [2.24, 2.45) is 11.7 Å². The molecule has 1 aliphatic heterocycles. The van der Waals surface area contributed by atoms with Gasteiger partial charge in [-0.25, -0.2) is 0 Å². The minimum atomic E-state index is 0.0602. The SMILES string of the molecule is CC(N)C1CCN(C(=O)c2cccc(OCc3ccc(Cl)cc3)c2)CC1. The highest BCUT2D eigenvalue weighted by atomic mass is 35.5. The van der Waals surface area contributed by atoms with Gasteiger partial charge in [-0.3, -0.25) is 4.79 Å². The quantitative estimate of drug-likeness (QED) is 0.858. The Balaban J connectivity index is 1.60. The second-order valence-electron chi connectivity index (χ2n) is 6.93. The third-order valence-corrected chi connectivity index (χ3v) is 5.22. The largest absolute Gasteiger partial charge is 0.489 e. The Morgan fingerprint density at radius 3 is 2.58 bits per heavy atom. The highest BCUT2D eigenvalue weighted by Gasteiger charge is 2.25. The molecule has 138 valence electrons. The van der Waals surface area contributed by atoms with E-state index in [0.717, 1.165) is 31.5 Å². The van der Waals surface area contributed by atoms with Gasteiger partial charge in [0.1, 0.15) is 12.4 Å². The molecule has 2 aromatic rings. The Hall–Kier alpha value is -2.04. The number of benzene rings is 2. The van der Waals surface area contributed by atoms with Gasteiger partial charge < -0.3 is 15.4 Å². The number of nitrogens with two attached hydrogens (primary N) is 1. The summed E-state index contributed by atoms with van der Waals surface area (Å²) < 4.78 is 5.83. The first-order valence-electron chi connectivity index (χ1n) is 9.05. The molecule has 1 amide bonds. The van der Waals surface area contributed by atoms with Crippen LogP contribution in [0, 0.1) is 5.92 Å². The van der Waals surface area contributed by atoms with Crippen LogP contribution in [0.15, 0.2) is 48.5 Å². The van der Waals surface area contributed by atoms with Crippen molar-refractivity contribution in [2.75, 3.05) is 13.1 Å². The molecule has 5 heteroatoms. The maximum Gasteiger partial charge on any atom is 0.253 e. The lowest BCUT2D eigenvalue weighted by atomic mass is 9.90. The molecule has 1 saturated heterocycles. The Bertz CT molecular complexity index is 738. The van der Waals surface area contributed by atoms with Crippen LogP contribution in [0.25, 0.3) is 0 Å². The summed E-state index contributed by atoms with van der Waals surface area (Å²) in [7, 11) is 0. The molecule has 0 aromatic heterocycles. The van der Waals surface area contributed by atoms with Crippen molar-refractivity contribution >= 4 is 17.5 Å². The fourth-order valence-electron chi connectivity index (χ4n) is 3.28. The van der Waals surface area contributed by atoms with Crippen molar-refractivity contribution in [3.05, 3.63) is 64.7 Å². The van der Waals surface area contributed by atoms with Crippen molar-refractivity contribution in [3.8, 4) is 5.75 Å². The maximum atomic E-state index is 12.8. The first kappa shape index (κ1) is 18.7. The van der Waals surface area contributed by atoms with Crippen LogP contribution in [0.3, 0.4) is 0 Å². The molecule has 1 atom stereocenters. The summed E-state index contributed by atoms with van der Waals surface area (Å²) in [6.45, 7) is 4.01. The van der Waals surface area contributed by atoms with Crippen LogP contribution in [-0.4, -0.2) is 29.9 Å². The minimum absolute atomic E-state index is 0.0602. The van der Waals surface area contributed by atoms with Crippen LogP contribution < -0.4 is 10.5 Å². The Kier molecular flexibility index (Phi) is 6.17. The van der Waals surface area contributed by atoms with E-state index in [4.69, 9.17) is 22.1 Å². The Morgan fingerprint density at radius 1 is 1.23 bits per heavy atom. The van der Waals surface area contributed by atoms with Gasteiger partial charge in [-0.15, -0.1) is 0 Å². The molecule has 1 aliphatic rings. The molecule has 0 radical (unpaired) electrons. The number of likely N-dealkylation sites (tertiary alicyclic amines) is 1. The van der Waals surface area contributed by atoms with Crippen molar-refractivity contribution < 1.29 is 9.53 Å². The molecule has 1 fully saturated rings. The molecule has 2 N–H and O–H groups in total.